The highest BCUT2D eigenvalue weighted by Gasteiger charge is 2.27. The third-order valence-electron chi connectivity index (χ3n) is 2.81. The quantitative estimate of drug-likeness (QED) is 0.520. The summed E-state index contributed by atoms with van der Waals surface area (Å²) in [7, 11) is -1.57. The molecule has 0 bridgehead atoms. The van der Waals surface area contributed by atoms with Crippen molar-refractivity contribution in [3.63, 3.8) is 0 Å². The number of carbonyl (C=O) groups excluding carboxylic acids is 1. The van der Waals surface area contributed by atoms with Crippen LogP contribution in [0.2, 0.25) is 0 Å². The zero-order chi connectivity index (χ0) is 17.5. The number of methoxy groups -OCH3 is 2. The zero-order valence-corrected chi connectivity index (χ0v) is 14.5. The molecule has 2 N–H and O–H groups in total. The second-order valence-corrected chi connectivity index (χ2v) is 5.97. The third-order valence-corrected chi connectivity index (χ3v) is 3.73. The van der Waals surface area contributed by atoms with E-state index in [0.29, 0.717) is 6.42 Å². The predicted octanol–water partition coefficient (Wildman–Crippen LogP) is 2.03. The van der Waals surface area contributed by atoms with Gasteiger partial charge in [0.25, 0.3) is 0 Å². The van der Waals surface area contributed by atoms with E-state index in [1.54, 1.807) is 19.1 Å². The van der Waals surface area contributed by atoms with Gasteiger partial charge in [0.05, 0.1) is 20.8 Å². The first-order chi connectivity index (χ1) is 10.8. The highest BCUT2D eigenvalue weighted by atomic mass is 31.2. The summed E-state index contributed by atoms with van der Waals surface area (Å²) in [6.45, 7) is 3.45. The molecule has 0 aromatic heterocycles. The van der Waals surface area contributed by atoms with Crippen LogP contribution in [0.15, 0.2) is 12.1 Å². The van der Waals surface area contributed by atoms with Crippen molar-refractivity contribution in [1.29, 1.82) is 0 Å². The Morgan fingerprint density at radius 3 is 2.30 bits per heavy atom. The fourth-order valence-corrected chi connectivity index (χ4v) is 2.50. The van der Waals surface area contributed by atoms with Gasteiger partial charge in [0.15, 0.2) is 11.5 Å². The molecule has 0 heterocycles. The minimum Gasteiger partial charge on any atom is -0.493 e. The molecule has 0 aliphatic heterocycles. The van der Waals surface area contributed by atoms with E-state index in [9.17, 15) is 14.3 Å². The van der Waals surface area contributed by atoms with Crippen LogP contribution in [-0.2, 0) is 13.9 Å². The Bertz CT molecular complexity index is 565. The van der Waals surface area contributed by atoms with Crippen LogP contribution in [0, 0.1) is 6.92 Å². The Morgan fingerprint density at radius 2 is 1.83 bits per heavy atom. The number of carbonyl (C=O) groups is 1. The van der Waals surface area contributed by atoms with Crippen LogP contribution in [0.1, 0.15) is 18.9 Å². The van der Waals surface area contributed by atoms with Crippen molar-refractivity contribution >= 4 is 13.7 Å². The fourth-order valence-electron chi connectivity index (χ4n) is 1.72. The van der Waals surface area contributed by atoms with Crippen molar-refractivity contribution in [1.82, 2.24) is 5.32 Å². The fraction of sp³-hybridized carbons (Fsp3) is 0.500. The van der Waals surface area contributed by atoms with E-state index in [1.807, 2.05) is 6.92 Å². The number of hydrogen-bond acceptors (Lipinski definition) is 6. The van der Waals surface area contributed by atoms with Crippen molar-refractivity contribution in [3.8, 4) is 17.2 Å². The van der Waals surface area contributed by atoms with Gasteiger partial charge >= 0.3 is 7.82 Å². The maximum Gasteiger partial charge on any atom is 0.527 e. The van der Waals surface area contributed by atoms with Crippen molar-refractivity contribution in [2.75, 3.05) is 27.4 Å². The summed E-state index contributed by atoms with van der Waals surface area (Å²) in [5.74, 6) is 0.297. The summed E-state index contributed by atoms with van der Waals surface area (Å²) in [6, 6.07) is 3.28. The molecule has 0 fully saturated rings. The smallest absolute Gasteiger partial charge is 0.493 e. The molecule has 1 aromatic rings. The van der Waals surface area contributed by atoms with E-state index >= 15 is 0 Å². The van der Waals surface area contributed by atoms with Gasteiger partial charge in [-0.3, -0.25) is 14.2 Å². The first-order valence-electron chi connectivity index (χ1n) is 6.99. The largest absolute Gasteiger partial charge is 0.527 e. The zero-order valence-electron chi connectivity index (χ0n) is 13.6. The lowest BCUT2D eigenvalue weighted by atomic mass is 10.2. The summed E-state index contributed by atoms with van der Waals surface area (Å²) < 4.78 is 32.2. The number of phosphoric ester groups is 1. The van der Waals surface area contributed by atoms with Crippen LogP contribution in [0.4, 0.5) is 0 Å². The molecule has 0 saturated heterocycles. The van der Waals surface area contributed by atoms with E-state index in [-0.39, 0.29) is 36.3 Å². The second kappa shape index (κ2) is 8.76. The lowest BCUT2D eigenvalue weighted by Crippen LogP contribution is -2.26. The molecule has 1 unspecified atom stereocenters. The van der Waals surface area contributed by atoms with Gasteiger partial charge in [0.1, 0.15) is 0 Å². The van der Waals surface area contributed by atoms with Crippen LogP contribution < -0.4 is 19.3 Å². The summed E-state index contributed by atoms with van der Waals surface area (Å²) in [6.07, 6.45) is 0.324. The Morgan fingerprint density at radius 1 is 1.26 bits per heavy atom. The predicted molar refractivity (Wildman–Crippen MR) is 84.0 cm³/mol. The standard InChI is InChI=1S/C14H22NO7P/c1-5-13(16)15-6-7-21-23(17,18)22-14-11(19-3)8-10(2)9-12(14)20-4/h8-9H,5-7H2,1-4H3,(H,15,16)(H,17,18). The highest BCUT2D eigenvalue weighted by Crippen LogP contribution is 2.50. The number of rotatable bonds is 9. The molecule has 0 radical (unpaired) electrons. The summed E-state index contributed by atoms with van der Waals surface area (Å²) in [5, 5.41) is 2.52. The van der Waals surface area contributed by atoms with Crippen LogP contribution >= 0.6 is 7.82 Å². The molecular formula is C14H22NO7P. The van der Waals surface area contributed by atoms with Gasteiger partial charge in [-0.15, -0.1) is 0 Å². The molecule has 0 aliphatic rings. The number of nitrogens with one attached hydrogen (secondary N) is 1. The van der Waals surface area contributed by atoms with E-state index in [1.165, 1.54) is 14.2 Å². The van der Waals surface area contributed by atoms with Crippen LogP contribution in [-0.4, -0.2) is 38.2 Å². The van der Waals surface area contributed by atoms with Gasteiger partial charge in [0.2, 0.25) is 11.7 Å². The highest BCUT2D eigenvalue weighted by molar-refractivity contribution is 7.47. The van der Waals surface area contributed by atoms with Crippen molar-refractivity contribution < 1.29 is 32.8 Å². The number of phosphoric acid groups is 1. The summed E-state index contributed by atoms with van der Waals surface area (Å²) >= 11 is 0. The van der Waals surface area contributed by atoms with Crippen molar-refractivity contribution in [2.24, 2.45) is 0 Å². The number of hydrogen-bond donors (Lipinski definition) is 2. The lowest BCUT2D eigenvalue weighted by Gasteiger charge is -2.18. The van der Waals surface area contributed by atoms with Gasteiger partial charge in [-0.1, -0.05) is 6.92 Å². The molecule has 9 heteroatoms. The molecule has 130 valence electrons. The topological polar surface area (TPSA) is 103 Å². The van der Waals surface area contributed by atoms with Gasteiger partial charge in [-0.2, -0.15) is 0 Å². The molecule has 8 nitrogen and oxygen atoms in total. The maximum atomic E-state index is 12.0. The molecule has 0 aliphatic carbocycles. The average Bonchev–Trinajstić information content (AvgIpc) is 2.52. The molecule has 1 aromatic carbocycles. The monoisotopic (exact) mass is 347 g/mol. The Labute approximate surface area is 135 Å². The molecule has 0 saturated carbocycles. The van der Waals surface area contributed by atoms with E-state index < -0.39 is 7.82 Å². The van der Waals surface area contributed by atoms with Gasteiger partial charge in [-0.05, 0) is 24.6 Å². The van der Waals surface area contributed by atoms with Gasteiger partial charge < -0.3 is 19.3 Å². The van der Waals surface area contributed by atoms with E-state index in [4.69, 9.17) is 18.5 Å². The summed E-state index contributed by atoms with van der Waals surface area (Å²) in [5.41, 5.74) is 0.835. The Kier molecular flexibility index (Phi) is 7.35. The van der Waals surface area contributed by atoms with Gasteiger partial charge in [0, 0.05) is 13.0 Å². The third kappa shape index (κ3) is 6.09. The molecule has 1 atom stereocenters. The maximum absolute atomic E-state index is 12.0. The Hall–Kier alpha value is -1.76. The first kappa shape index (κ1) is 19.3. The van der Waals surface area contributed by atoms with Crippen molar-refractivity contribution in [3.05, 3.63) is 17.7 Å². The lowest BCUT2D eigenvalue weighted by molar-refractivity contribution is -0.120. The van der Waals surface area contributed by atoms with Gasteiger partial charge in [-0.25, -0.2) is 4.57 Å². The molecule has 1 rings (SSSR count). The minimum atomic E-state index is -4.39. The van der Waals surface area contributed by atoms with Crippen LogP contribution in [0.25, 0.3) is 0 Å². The number of benzene rings is 1. The Balaban J connectivity index is 2.77. The molecule has 23 heavy (non-hydrogen) atoms. The van der Waals surface area contributed by atoms with E-state index in [2.05, 4.69) is 5.32 Å². The summed E-state index contributed by atoms with van der Waals surface area (Å²) in [4.78, 5) is 20.9. The average molecular weight is 347 g/mol. The van der Waals surface area contributed by atoms with Crippen LogP contribution in [0.5, 0.6) is 17.2 Å². The number of ether oxygens (including phenoxy) is 2. The van der Waals surface area contributed by atoms with Crippen molar-refractivity contribution in [2.45, 2.75) is 20.3 Å². The van der Waals surface area contributed by atoms with E-state index in [0.717, 1.165) is 5.56 Å². The number of aryl methyl sites for hydroxylation is 1. The number of amides is 1. The minimum absolute atomic E-state index is 0.0240. The molecule has 0 spiro atoms. The normalized spacial score (nSPS) is 13.1. The molecular weight excluding hydrogens is 325 g/mol. The molecule has 1 amide bonds. The van der Waals surface area contributed by atoms with Crippen LogP contribution in [0.3, 0.4) is 0 Å². The second-order valence-electron chi connectivity index (χ2n) is 4.60. The first-order valence-corrected chi connectivity index (χ1v) is 8.48. The SMILES string of the molecule is CCC(=O)NCCOP(=O)(O)Oc1c(OC)cc(C)cc1OC.